The highest BCUT2D eigenvalue weighted by Gasteiger charge is 2.43. The van der Waals surface area contributed by atoms with Crippen LogP contribution in [0.5, 0.6) is 0 Å². The van der Waals surface area contributed by atoms with Crippen LogP contribution in [0.15, 0.2) is 0 Å². The van der Waals surface area contributed by atoms with Crippen molar-refractivity contribution in [3.05, 3.63) is 0 Å². The van der Waals surface area contributed by atoms with Crippen LogP contribution in [0.25, 0.3) is 0 Å². The normalized spacial score (nSPS) is 25.9. The fraction of sp³-hybridized carbons (Fsp3) is 0.870. The van der Waals surface area contributed by atoms with E-state index in [1.54, 1.807) is 20.8 Å². The van der Waals surface area contributed by atoms with E-state index >= 15 is 0 Å². The van der Waals surface area contributed by atoms with Crippen LogP contribution in [0.4, 0.5) is 4.79 Å². The third-order valence-corrected chi connectivity index (χ3v) is 4.60. The maximum atomic E-state index is 12.1. The van der Waals surface area contributed by atoms with Crippen LogP contribution in [0, 0.1) is 0 Å². The Kier molecular flexibility index (Phi) is 9.72. The number of ether oxygens (including phenoxy) is 3. The highest BCUT2D eigenvalue weighted by atomic mass is 16.6. The maximum absolute atomic E-state index is 12.1. The van der Waals surface area contributed by atoms with Crippen LogP contribution >= 0.6 is 0 Å². The van der Waals surface area contributed by atoms with Crippen molar-refractivity contribution < 1.29 is 38.8 Å². The molecular weight excluding hydrogens is 432 g/mol. The van der Waals surface area contributed by atoms with Crippen LogP contribution < -0.4 is 5.32 Å². The van der Waals surface area contributed by atoms with E-state index in [0.717, 1.165) is 0 Å². The van der Waals surface area contributed by atoms with Gasteiger partial charge in [-0.15, -0.1) is 0 Å². The molecule has 33 heavy (non-hydrogen) atoms. The Hall–Kier alpha value is -1.91. The highest BCUT2D eigenvalue weighted by Crippen LogP contribution is 2.26. The fourth-order valence-corrected chi connectivity index (χ4v) is 3.62. The van der Waals surface area contributed by atoms with Gasteiger partial charge in [-0.1, -0.05) is 0 Å². The Bertz CT molecular complexity index is 690. The molecule has 0 aliphatic carbocycles. The summed E-state index contributed by atoms with van der Waals surface area (Å²) < 4.78 is 16.7. The molecule has 2 aliphatic heterocycles. The lowest BCUT2D eigenvalue weighted by atomic mass is 10.1. The first-order valence-corrected chi connectivity index (χ1v) is 11.3. The van der Waals surface area contributed by atoms with Gasteiger partial charge in [0.15, 0.2) is 0 Å². The fourth-order valence-electron chi connectivity index (χ4n) is 3.62. The molecule has 0 radical (unpaired) electrons. The van der Waals surface area contributed by atoms with Crippen molar-refractivity contribution in [3.63, 3.8) is 0 Å². The van der Waals surface area contributed by atoms with Gasteiger partial charge in [0.25, 0.3) is 0 Å². The molecule has 1 amide bonds. The van der Waals surface area contributed by atoms with Gasteiger partial charge in [0.1, 0.15) is 17.7 Å². The summed E-state index contributed by atoms with van der Waals surface area (Å²) >= 11 is 0. The first kappa shape index (κ1) is 29.1. The van der Waals surface area contributed by atoms with Crippen LogP contribution in [0.3, 0.4) is 0 Å². The van der Waals surface area contributed by atoms with Gasteiger partial charge in [-0.3, -0.25) is 9.69 Å². The third kappa shape index (κ3) is 11.2. The molecule has 2 aliphatic rings. The van der Waals surface area contributed by atoms with E-state index in [4.69, 9.17) is 19.3 Å². The van der Waals surface area contributed by atoms with Gasteiger partial charge in [-0.05, 0) is 62.3 Å². The lowest BCUT2D eigenvalue weighted by Crippen LogP contribution is -2.43. The minimum absolute atomic E-state index is 0.0288. The Morgan fingerprint density at radius 3 is 1.70 bits per heavy atom. The number of carboxylic acids is 2. The SMILES string of the molecule is CC(C)(C)OC(=O)N1C[C@H](OC(C)(C)C)C[C@H]1C(=O)O.CC(C)(C)O[C@H]1CN[C@H](C(=O)O)C1. The minimum Gasteiger partial charge on any atom is -0.480 e. The molecule has 0 aromatic carbocycles. The van der Waals surface area contributed by atoms with E-state index in [1.807, 2.05) is 41.5 Å². The zero-order chi connectivity index (χ0) is 25.8. The molecule has 2 heterocycles. The molecular formula is C23H42N2O8. The summed E-state index contributed by atoms with van der Waals surface area (Å²) in [6.07, 6.45) is -0.0204. The summed E-state index contributed by atoms with van der Waals surface area (Å²) in [5.41, 5.74) is -1.22. The zero-order valence-corrected chi connectivity index (χ0v) is 21.4. The topological polar surface area (TPSA) is 135 Å². The Labute approximate surface area is 196 Å². The zero-order valence-electron chi connectivity index (χ0n) is 21.4. The second-order valence-electron chi connectivity index (χ2n) is 11.5. The molecule has 4 atom stereocenters. The third-order valence-electron chi connectivity index (χ3n) is 4.60. The van der Waals surface area contributed by atoms with Gasteiger partial charge in [-0.25, -0.2) is 9.59 Å². The lowest BCUT2D eigenvalue weighted by Gasteiger charge is -2.27. The second kappa shape index (κ2) is 11.0. The van der Waals surface area contributed by atoms with Crippen molar-refractivity contribution in [2.75, 3.05) is 13.1 Å². The highest BCUT2D eigenvalue weighted by molar-refractivity contribution is 5.81. The maximum Gasteiger partial charge on any atom is 0.411 e. The van der Waals surface area contributed by atoms with E-state index in [2.05, 4.69) is 5.32 Å². The monoisotopic (exact) mass is 474 g/mol. The summed E-state index contributed by atoms with van der Waals surface area (Å²) in [4.78, 5) is 35.2. The van der Waals surface area contributed by atoms with Gasteiger partial charge in [0, 0.05) is 19.4 Å². The number of likely N-dealkylation sites (tertiary alicyclic amines) is 1. The average molecular weight is 475 g/mol. The van der Waals surface area contributed by atoms with E-state index in [9.17, 15) is 19.5 Å². The van der Waals surface area contributed by atoms with Crippen LogP contribution in [0.1, 0.15) is 75.2 Å². The van der Waals surface area contributed by atoms with Crippen molar-refractivity contribution >= 4 is 18.0 Å². The molecule has 0 aromatic rings. The molecule has 0 saturated carbocycles. The van der Waals surface area contributed by atoms with E-state index in [1.165, 1.54) is 4.90 Å². The van der Waals surface area contributed by atoms with Gasteiger partial charge in [-0.2, -0.15) is 0 Å². The van der Waals surface area contributed by atoms with Crippen molar-refractivity contribution in [2.24, 2.45) is 0 Å². The van der Waals surface area contributed by atoms with E-state index in [0.29, 0.717) is 13.0 Å². The number of amides is 1. The van der Waals surface area contributed by atoms with Gasteiger partial charge in [0.2, 0.25) is 0 Å². The number of nitrogens with zero attached hydrogens (tertiary/aromatic N) is 1. The molecule has 0 spiro atoms. The van der Waals surface area contributed by atoms with Gasteiger partial charge >= 0.3 is 18.0 Å². The number of aliphatic carboxylic acids is 2. The van der Waals surface area contributed by atoms with Crippen LogP contribution in [0.2, 0.25) is 0 Å². The molecule has 2 saturated heterocycles. The average Bonchev–Trinajstić information content (AvgIpc) is 3.18. The summed E-state index contributed by atoms with van der Waals surface area (Å²) in [7, 11) is 0. The number of carboxylic acid groups (broad SMARTS) is 2. The molecule has 0 bridgehead atoms. The second-order valence-corrected chi connectivity index (χ2v) is 11.5. The number of carbonyl (C=O) groups is 3. The smallest absolute Gasteiger partial charge is 0.411 e. The molecule has 2 fully saturated rings. The standard InChI is InChI=1S/C14H25NO5.C9H17NO3/c1-13(2,3)19-9-7-10(11(16)17)15(8-9)12(18)20-14(4,5)6;1-9(2,3)13-6-4-7(8(11)12)10-5-6/h9-10H,7-8H2,1-6H3,(H,16,17);6-7,10H,4-5H2,1-3H3,(H,11,12)/t9-,10+;6-,7+/m11/s1. The minimum atomic E-state index is -1.03. The Balaban J connectivity index is 0.000000361. The van der Waals surface area contributed by atoms with Crippen molar-refractivity contribution in [2.45, 2.75) is 116 Å². The van der Waals surface area contributed by atoms with Crippen molar-refractivity contribution in [3.8, 4) is 0 Å². The molecule has 10 heteroatoms. The predicted molar refractivity (Wildman–Crippen MR) is 122 cm³/mol. The van der Waals surface area contributed by atoms with Crippen molar-refractivity contribution in [1.82, 2.24) is 10.2 Å². The Morgan fingerprint density at radius 2 is 1.30 bits per heavy atom. The molecule has 192 valence electrons. The summed E-state index contributed by atoms with van der Waals surface area (Å²) in [5, 5.41) is 20.9. The summed E-state index contributed by atoms with van der Waals surface area (Å²) in [6, 6.07) is -1.33. The van der Waals surface area contributed by atoms with Gasteiger partial charge in [0.05, 0.1) is 30.0 Å². The quantitative estimate of drug-likeness (QED) is 0.562. The van der Waals surface area contributed by atoms with Crippen LogP contribution in [-0.2, 0) is 23.8 Å². The Morgan fingerprint density at radius 1 is 0.788 bits per heavy atom. The number of carbonyl (C=O) groups excluding carboxylic acids is 1. The first-order valence-electron chi connectivity index (χ1n) is 11.3. The first-order chi connectivity index (χ1) is 14.8. The summed E-state index contributed by atoms with van der Waals surface area (Å²) in [5.74, 6) is -1.82. The predicted octanol–water partition coefficient (Wildman–Crippen LogP) is 2.88. The van der Waals surface area contributed by atoms with Gasteiger partial charge < -0.3 is 29.7 Å². The number of rotatable bonds is 4. The molecule has 0 unspecified atom stereocenters. The summed E-state index contributed by atoms with van der Waals surface area (Å²) in [6.45, 7) is 17.7. The molecule has 2 rings (SSSR count). The number of hydrogen-bond acceptors (Lipinski definition) is 7. The lowest BCUT2D eigenvalue weighted by molar-refractivity contribution is -0.142. The van der Waals surface area contributed by atoms with E-state index in [-0.39, 0.29) is 36.4 Å². The molecule has 0 aromatic heterocycles. The van der Waals surface area contributed by atoms with Crippen molar-refractivity contribution in [1.29, 1.82) is 0 Å². The molecule has 10 nitrogen and oxygen atoms in total. The number of hydrogen-bond donors (Lipinski definition) is 3. The van der Waals surface area contributed by atoms with E-state index < -0.39 is 35.7 Å². The molecule has 3 N–H and O–H groups in total. The number of nitrogens with one attached hydrogen (secondary N) is 1. The van der Waals surface area contributed by atoms with Crippen LogP contribution in [-0.4, -0.2) is 87.3 Å². The largest absolute Gasteiger partial charge is 0.480 e.